The van der Waals surface area contributed by atoms with Crippen LogP contribution in [0.4, 0.5) is 11.4 Å². The molecule has 1 saturated heterocycles. The second-order valence-corrected chi connectivity index (χ2v) is 9.67. The van der Waals surface area contributed by atoms with E-state index in [1.807, 2.05) is 58.0 Å². The van der Waals surface area contributed by atoms with Crippen LogP contribution in [0, 0.1) is 23.0 Å². The Balaban J connectivity index is 1.74. The molecule has 1 aliphatic heterocycles. The molecule has 0 N–H and O–H groups in total. The quantitative estimate of drug-likeness (QED) is 0.284. The van der Waals surface area contributed by atoms with Gasteiger partial charge in [-0.25, -0.2) is 0 Å². The molecule has 0 saturated carbocycles. The van der Waals surface area contributed by atoms with E-state index in [-0.39, 0.29) is 22.5 Å². The molecule has 1 heterocycles. The van der Waals surface area contributed by atoms with Gasteiger partial charge in [0, 0.05) is 31.1 Å². The SMILES string of the molecule is Cc1c(OCc2ccccc2)ccc([N+](=O)[O-])c1N1CCC[C@@H](CCC(=O)OC(C)(C)C)C1. The molecule has 0 aromatic heterocycles. The van der Waals surface area contributed by atoms with Crippen LogP contribution in [0.3, 0.4) is 0 Å². The third-order valence-electron chi connectivity index (χ3n) is 5.81. The molecule has 0 amide bonds. The van der Waals surface area contributed by atoms with Gasteiger partial charge in [0.15, 0.2) is 0 Å². The molecule has 0 bridgehead atoms. The number of benzene rings is 2. The van der Waals surface area contributed by atoms with Crippen molar-refractivity contribution in [3.63, 3.8) is 0 Å². The van der Waals surface area contributed by atoms with Gasteiger partial charge in [0.1, 0.15) is 23.6 Å². The lowest BCUT2D eigenvalue weighted by atomic mass is 9.92. The highest BCUT2D eigenvalue weighted by atomic mass is 16.6. The molecule has 1 fully saturated rings. The molecule has 0 unspecified atom stereocenters. The zero-order valence-corrected chi connectivity index (χ0v) is 20.0. The number of esters is 1. The summed E-state index contributed by atoms with van der Waals surface area (Å²) >= 11 is 0. The van der Waals surface area contributed by atoms with E-state index in [2.05, 4.69) is 4.90 Å². The zero-order chi connectivity index (χ0) is 24.0. The van der Waals surface area contributed by atoms with E-state index < -0.39 is 5.60 Å². The van der Waals surface area contributed by atoms with Gasteiger partial charge in [0.05, 0.1) is 4.92 Å². The lowest BCUT2D eigenvalue weighted by molar-refractivity contribution is -0.384. The minimum atomic E-state index is -0.492. The van der Waals surface area contributed by atoms with Crippen LogP contribution in [0.25, 0.3) is 0 Å². The van der Waals surface area contributed by atoms with Crippen molar-refractivity contribution in [2.24, 2.45) is 5.92 Å². The van der Waals surface area contributed by atoms with Crippen LogP contribution >= 0.6 is 0 Å². The van der Waals surface area contributed by atoms with Gasteiger partial charge in [-0.15, -0.1) is 0 Å². The molecule has 2 aromatic rings. The van der Waals surface area contributed by atoms with Gasteiger partial charge in [-0.3, -0.25) is 14.9 Å². The van der Waals surface area contributed by atoms with Crippen molar-refractivity contribution >= 4 is 17.3 Å². The topological polar surface area (TPSA) is 81.9 Å². The first kappa shape index (κ1) is 24.6. The highest BCUT2D eigenvalue weighted by Gasteiger charge is 2.29. The predicted molar refractivity (Wildman–Crippen MR) is 129 cm³/mol. The number of nitro groups is 1. The number of hydrogen-bond donors (Lipinski definition) is 0. The Bertz CT molecular complexity index is 969. The summed E-state index contributed by atoms with van der Waals surface area (Å²) in [5.74, 6) is 0.729. The van der Waals surface area contributed by atoms with Gasteiger partial charge >= 0.3 is 5.97 Å². The fraction of sp³-hybridized carbons (Fsp3) is 0.500. The number of nitrogens with zero attached hydrogens (tertiary/aromatic N) is 2. The average Bonchev–Trinajstić information content (AvgIpc) is 2.76. The molecule has 0 spiro atoms. The minimum Gasteiger partial charge on any atom is -0.489 e. The standard InChI is InChI=1S/C26H34N2O5/c1-19-23(32-18-21-9-6-5-7-10-21)14-13-22(28(30)31)25(19)27-16-8-11-20(17-27)12-15-24(29)33-26(2,3)4/h5-7,9-10,13-14,20H,8,11-12,15-18H2,1-4H3/t20-/m0/s1. The Morgan fingerprint density at radius 1 is 1.18 bits per heavy atom. The van der Waals surface area contributed by atoms with E-state index in [1.54, 1.807) is 6.07 Å². The highest BCUT2D eigenvalue weighted by Crippen LogP contribution is 2.40. The largest absolute Gasteiger partial charge is 0.489 e. The van der Waals surface area contributed by atoms with E-state index >= 15 is 0 Å². The lowest BCUT2D eigenvalue weighted by Gasteiger charge is -2.35. The normalized spacial score (nSPS) is 16.4. The van der Waals surface area contributed by atoms with Crippen molar-refractivity contribution in [1.82, 2.24) is 0 Å². The Hall–Kier alpha value is -3.09. The van der Waals surface area contributed by atoms with Gasteiger partial charge in [-0.2, -0.15) is 0 Å². The van der Waals surface area contributed by atoms with Crippen molar-refractivity contribution in [2.45, 2.75) is 65.6 Å². The summed E-state index contributed by atoms with van der Waals surface area (Å²) in [6.07, 6.45) is 2.99. The smallest absolute Gasteiger partial charge is 0.306 e. The van der Waals surface area contributed by atoms with Crippen molar-refractivity contribution in [3.05, 3.63) is 63.7 Å². The zero-order valence-electron chi connectivity index (χ0n) is 20.0. The maximum Gasteiger partial charge on any atom is 0.306 e. The molecule has 33 heavy (non-hydrogen) atoms. The first-order chi connectivity index (χ1) is 15.6. The average molecular weight is 455 g/mol. The number of carbonyl (C=O) groups is 1. The van der Waals surface area contributed by atoms with Crippen molar-refractivity contribution in [2.75, 3.05) is 18.0 Å². The number of nitro benzene ring substituents is 1. The molecule has 0 aliphatic carbocycles. The third kappa shape index (κ3) is 6.94. The Labute approximate surface area is 195 Å². The van der Waals surface area contributed by atoms with Crippen LogP contribution in [0.1, 0.15) is 57.6 Å². The number of ether oxygens (including phenoxy) is 2. The van der Waals surface area contributed by atoms with E-state index in [4.69, 9.17) is 9.47 Å². The number of piperidine rings is 1. The predicted octanol–water partition coefficient (Wildman–Crippen LogP) is 5.82. The summed E-state index contributed by atoms with van der Waals surface area (Å²) < 4.78 is 11.5. The third-order valence-corrected chi connectivity index (χ3v) is 5.81. The van der Waals surface area contributed by atoms with Gasteiger partial charge < -0.3 is 14.4 Å². The number of anilines is 1. The van der Waals surface area contributed by atoms with Gasteiger partial charge in [0.2, 0.25) is 0 Å². The molecule has 7 heteroatoms. The van der Waals surface area contributed by atoms with Crippen LogP contribution in [-0.4, -0.2) is 29.6 Å². The molecule has 178 valence electrons. The summed E-state index contributed by atoms with van der Waals surface area (Å²) in [7, 11) is 0. The lowest BCUT2D eigenvalue weighted by Crippen LogP contribution is -2.36. The van der Waals surface area contributed by atoms with Crippen molar-refractivity contribution < 1.29 is 19.2 Å². The van der Waals surface area contributed by atoms with E-state index in [0.29, 0.717) is 37.4 Å². The Kier molecular flexibility index (Phi) is 7.95. The summed E-state index contributed by atoms with van der Waals surface area (Å²) in [6.45, 7) is 9.29. The van der Waals surface area contributed by atoms with Crippen LogP contribution in [0.2, 0.25) is 0 Å². The van der Waals surface area contributed by atoms with Crippen LogP contribution in [-0.2, 0) is 16.1 Å². The fourth-order valence-electron chi connectivity index (χ4n) is 4.32. The first-order valence-corrected chi connectivity index (χ1v) is 11.6. The van der Waals surface area contributed by atoms with E-state index in [0.717, 1.165) is 30.5 Å². The maximum atomic E-state index is 12.1. The molecular formula is C26H34N2O5. The molecule has 3 rings (SSSR count). The summed E-state index contributed by atoms with van der Waals surface area (Å²) in [5, 5.41) is 11.8. The molecule has 0 radical (unpaired) electrons. The molecule has 7 nitrogen and oxygen atoms in total. The van der Waals surface area contributed by atoms with Crippen molar-refractivity contribution in [1.29, 1.82) is 0 Å². The van der Waals surface area contributed by atoms with E-state index in [1.165, 1.54) is 6.07 Å². The maximum absolute atomic E-state index is 12.1. The second-order valence-electron chi connectivity index (χ2n) is 9.67. The molecule has 1 atom stereocenters. The molecule has 2 aromatic carbocycles. The van der Waals surface area contributed by atoms with E-state index in [9.17, 15) is 14.9 Å². The number of rotatable bonds is 8. The van der Waals surface area contributed by atoms with Gasteiger partial charge in [-0.05, 0) is 64.5 Å². The fourth-order valence-corrected chi connectivity index (χ4v) is 4.32. The summed E-state index contributed by atoms with van der Waals surface area (Å²) in [5.41, 5.74) is 2.03. The number of hydrogen-bond acceptors (Lipinski definition) is 6. The molecule has 1 aliphatic rings. The van der Waals surface area contributed by atoms with Crippen LogP contribution < -0.4 is 9.64 Å². The van der Waals surface area contributed by atoms with Gasteiger partial charge in [0.25, 0.3) is 5.69 Å². The number of carbonyl (C=O) groups excluding carboxylic acids is 1. The molecular weight excluding hydrogens is 420 g/mol. The van der Waals surface area contributed by atoms with Gasteiger partial charge in [-0.1, -0.05) is 30.3 Å². The van der Waals surface area contributed by atoms with Crippen LogP contribution in [0.15, 0.2) is 42.5 Å². The van der Waals surface area contributed by atoms with Crippen molar-refractivity contribution in [3.8, 4) is 5.75 Å². The Morgan fingerprint density at radius 2 is 1.91 bits per heavy atom. The highest BCUT2D eigenvalue weighted by molar-refractivity contribution is 5.72. The second kappa shape index (κ2) is 10.7. The summed E-state index contributed by atoms with van der Waals surface area (Å²) in [4.78, 5) is 25.7. The monoisotopic (exact) mass is 454 g/mol. The minimum absolute atomic E-state index is 0.0901. The first-order valence-electron chi connectivity index (χ1n) is 11.6. The van der Waals surface area contributed by atoms with Crippen LogP contribution in [0.5, 0.6) is 5.75 Å². The Morgan fingerprint density at radius 3 is 2.58 bits per heavy atom. The summed E-state index contributed by atoms with van der Waals surface area (Å²) in [6, 6.07) is 13.1.